The molecule has 0 saturated carbocycles. The summed E-state index contributed by atoms with van der Waals surface area (Å²) >= 11 is 1.44. The number of fused-ring (bicyclic) bond motifs is 1. The third-order valence-corrected chi connectivity index (χ3v) is 4.74. The zero-order chi connectivity index (χ0) is 17.9. The van der Waals surface area contributed by atoms with E-state index < -0.39 is 0 Å². The van der Waals surface area contributed by atoms with E-state index in [4.69, 9.17) is 4.42 Å². The lowest BCUT2D eigenvalue weighted by atomic mass is 10.2. The van der Waals surface area contributed by atoms with Crippen LogP contribution in [0.3, 0.4) is 0 Å². The van der Waals surface area contributed by atoms with Crippen LogP contribution in [0.2, 0.25) is 0 Å². The van der Waals surface area contributed by atoms with Crippen LogP contribution in [0.4, 0.5) is 9.52 Å². The summed E-state index contributed by atoms with van der Waals surface area (Å²) in [6.45, 7) is 0. The molecule has 7 heteroatoms. The molecule has 1 amide bonds. The smallest absolute Gasteiger partial charge is 0.226 e. The molecule has 4 aromatic rings. The molecule has 2 heterocycles. The highest BCUT2D eigenvalue weighted by molar-refractivity contribution is 7.22. The number of amides is 1. The maximum absolute atomic E-state index is 13.0. The summed E-state index contributed by atoms with van der Waals surface area (Å²) in [5.41, 5.74) is 1.61. The van der Waals surface area contributed by atoms with E-state index in [0.29, 0.717) is 23.2 Å². The van der Waals surface area contributed by atoms with Gasteiger partial charge in [0, 0.05) is 18.4 Å². The zero-order valence-corrected chi connectivity index (χ0v) is 14.4. The lowest BCUT2D eigenvalue weighted by Gasteiger charge is -1.99. The average molecular weight is 367 g/mol. The highest BCUT2D eigenvalue weighted by atomic mass is 32.1. The van der Waals surface area contributed by atoms with E-state index in [9.17, 15) is 9.18 Å². The lowest BCUT2D eigenvalue weighted by Crippen LogP contribution is -2.12. The van der Waals surface area contributed by atoms with Crippen LogP contribution in [0.1, 0.15) is 12.3 Å². The highest BCUT2D eigenvalue weighted by Gasteiger charge is 2.11. The number of carbonyl (C=O) groups excluding carboxylic acids is 1. The van der Waals surface area contributed by atoms with Gasteiger partial charge in [-0.15, -0.1) is 0 Å². The predicted molar refractivity (Wildman–Crippen MR) is 98.5 cm³/mol. The molecule has 0 fully saturated rings. The van der Waals surface area contributed by atoms with Crippen molar-refractivity contribution in [3.63, 3.8) is 0 Å². The van der Waals surface area contributed by atoms with Crippen molar-refractivity contribution in [2.24, 2.45) is 0 Å². The van der Waals surface area contributed by atoms with Crippen molar-refractivity contribution in [1.29, 1.82) is 0 Å². The zero-order valence-electron chi connectivity index (χ0n) is 13.6. The molecular weight excluding hydrogens is 353 g/mol. The van der Waals surface area contributed by atoms with Gasteiger partial charge < -0.3 is 9.73 Å². The van der Waals surface area contributed by atoms with Crippen LogP contribution in [0.5, 0.6) is 0 Å². The Morgan fingerprint density at radius 3 is 2.77 bits per heavy atom. The molecule has 0 bridgehead atoms. The minimum absolute atomic E-state index is 0.148. The van der Waals surface area contributed by atoms with E-state index in [1.165, 1.54) is 23.5 Å². The maximum Gasteiger partial charge on any atom is 0.226 e. The third kappa shape index (κ3) is 3.62. The van der Waals surface area contributed by atoms with E-state index >= 15 is 0 Å². The van der Waals surface area contributed by atoms with Gasteiger partial charge in [0.05, 0.1) is 16.4 Å². The molecule has 4 rings (SSSR count). The van der Waals surface area contributed by atoms with Crippen molar-refractivity contribution in [2.45, 2.75) is 12.8 Å². The molecule has 0 saturated heterocycles. The first kappa shape index (κ1) is 16.4. The molecule has 0 aliphatic carbocycles. The number of halogens is 1. The summed E-state index contributed by atoms with van der Waals surface area (Å²) in [4.78, 5) is 20.7. The normalized spacial score (nSPS) is 11.0. The Bertz CT molecular complexity index is 1020. The van der Waals surface area contributed by atoms with Crippen LogP contribution in [-0.4, -0.2) is 15.9 Å². The number of benzene rings is 2. The number of aryl methyl sites for hydroxylation is 1. The molecule has 1 N–H and O–H groups in total. The van der Waals surface area contributed by atoms with Crippen molar-refractivity contribution < 1.29 is 13.6 Å². The van der Waals surface area contributed by atoms with Gasteiger partial charge in [0.1, 0.15) is 5.82 Å². The maximum atomic E-state index is 13.0. The van der Waals surface area contributed by atoms with Gasteiger partial charge in [-0.3, -0.25) is 4.79 Å². The minimum Gasteiger partial charge on any atom is -0.441 e. The fourth-order valence-corrected chi connectivity index (χ4v) is 3.38. The predicted octanol–water partition coefficient (Wildman–Crippen LogP) is 4.66. The van der Waals surface area contributed by atoms with Crippen molar-refractivity contribution in [3.05, 3.63) is 66.4 Å². The van der Waals surface area contributed by atoms with E-state index in [2.05, 4.69) is 15.3 Å². The molecule has 0 aliphatic heterocycles. The molecule has 26 heavy (non-hydrogen) atoms. The number of rotatable bonds is 5. The first-order chi connectivity index (χ1) is 12.7. The molecule has 0 aliphatic rings. The molecule has 130 valence electrons. The molecule has 2 aromatic carbocycles. The summed E-state index contributed by atoms with van der Waals surface area (Å²) in [5, 5.41) is 3.38. The number of aromatic nitrogens is 2. The first-order valence-corrected chi connectivity index (χ1v) is 8.85. The monoisotopic (exact) mass is 367 g/mol. The van der Waals surface area contributed by atoms with Gasteiger partial charge in [-0.1, -0.05) is 23.5 Å². The van der Waals surface area contributed by atoms with Crippen LogP contribution < -0.4 is 5.32 Å². The number of nitrogens with one attached hydrogen (secondary N) is 1. The Hall–Kier alpha value is -3.06. The number of carbonyl (C=O) groups is 1. The van der Waals surface area contributed by atoms with Crippen LogP contribution in [-0.2, 0) is 11.2 Å². The van der Waals surface area contributed by atoms with Crippen LogP contribution in [0, 0.1) is 5.82 Å². The topological polar surface area (TPSA) is 68.0 Å². The van der Waals surface area contributed by atoms with Gasteiger partial charge >= 0.3 is 0 Å². The number of anilines is 1. The van der Waals surface area contributed by atoms with Gasteiger partial charge in [0.25, 0.3) is 0 Å². The number of nitrogens with zero attached hydrogens (tertiary/aromatic N) is 2. The number of oxazole rings is 1. The highest BCUT2D eigenvalue weighted by Crippen LogP contribution is 2.25. The van der Waals surface area contributed by atoms with Crippen LogP contribution >= 0.6 is 11.3 Å². The van der Waals surface area contributed by atoms with E-state index in [1.807, 2.05) is 24.3 Å². The second-order valence-electron chi connectivity index (χ2n) is 5.66. The van der Waals surface area contributed by atoms with Crippen molar-refractivity contribution in [3.8, 4) is 11.3 Å². The molecule has 0 radical (unpaired) electrons. The Morgan fingerprint density at radius 2 is 1.96 bits per heavy atom. The second kappa shape index (κ2) is 7.05. The summed E-state index contributed by atoms with van der Waals surface area (Å²) in [5.74, 6) is 0.556. The summed E-state index contributed by atoms with van der Waals surface area (Å²) in [6.07, 6.45) is 2.19. The standard InChI is InChI=1S/C19H14FN3O2S/c20-13-7-5-12(6-8-13)15-11-21-18(25-15)10-9-17(24)23-19-22-14-3-1-2-4-16(14)26-19/h1-8,11H,9-10H2,(H,22,23,24). The molecule has 0 unspecified atom stereocenters. The summed E-state index contributed by atoms with van der Waals surface area (Å²) < 4.78 is 19.6. The van der Waals surface area contributed by atoms with Gasteiger partial charge in [0.2, 0.25) is 5.91 Å². The minimum atomic E-state index is -0.306. The lowest BCUT2D eigenvalue weighted by molar-refractivity contribution is -0.116. The van der Waals surface area contributed by atoms with E-state index in [0.717, 1.165) is 15.8 Å². The van der Waals surface area contributed by atoms with Gasteiger partial charge in [-0.25, -0.2) is 14.4 Å². The Balaban J connectivity index is 1.36. The van der Waals surface area contributed by atoms with E-state index in [1.54, 1.807) is 18.3 Å². The Kier molecular flexibility index (Phi) is 4.45. The SMILES string of the molecule is O=C(CCc1ncc(-c2ccc(F)cc2)o1)Nc1nc2ccccc2s1. The van der Waals surface area contributed by atoms with Crippen LogP contribution in [0.15, 0.2) is 59.1 Å². The quantitative estimate of drug-likeness (QED) is 0.557. The van der Waals surface area contributed by atoms with Crippen molar-refractivity contribution >= 4 is 32.6 Å². The third-order valence-electron chi connectivity index (χ3n) is 3.79. The molecular formula is C19H14FN3O2S. The van der Waals surface area contributed by atoms with Gasteiger partial charge in [0.15, 0.2) is 16.8 Å². The summed E-state index contributed by atoms with van der Waals surface area (Å²) in [7, 11) is 0. The molecule has 0 atom stereocenters. The Morgan fingerprint density at radius 1 is 1.15 bits per heavy atom. The van der Waals surface area contributed by atoms with E-state index in [-0.39, 0.29) is 18.1 Å². The fourth-order valence-electron chi connectivity index (χ4n) is 2.50. The van der Waals surface area contributed by atoms with Gasteiger partial charge in [-0.2, -0.15) is 0 Å². The molecule has 2 aromatic heterocycles. The van der Waals surface area contributed by atoms with Crippen molar-refractivity contribution in [1.82, 2.24) is 9.97 Å². The Labute approximate surface area is 152 Å². The fraction of sp³-hybridized carbons (Fsp3) is 0.105. The van der Waals surface area contributed by atoms with Gasteiger partial charge in [-0.05, 0) is 36.4 Å². The number of hydrogen-bond acceptors (Lipinski definition) is 5. The number of hydrogen-bond donors (Lipinski definition) is 1. The molecule has 0 spiro atoms. The van der Waals surface area contributed by atoms with Crippen LogP contribution in [0.25, 0.3) is 21.5 Å². The van der Waals surface area contributed by atoms with Crippen molar-refractivity contribution in [2.75, 3.05) is 5.32 Å². The number of para-hydroxylation sites is 1. The largest absolute Gasteiger partial charge is 0.441 e. The first-order valence-electron chi connectivity index (χ1n) is 8.03. The average Bonchev–Trinajstić information content (AvgIpc) is 3.27. The number of thiazole rings is 1. The molecule has 5 nitrogen and oxygen atoms in total. The summed E-state index contributed by atoms with van der Waals surface area (Å²) in [6, 6.07) is 13.7. The second-order valence-corrected chi connectivity index (χ2v) is 6.69.